The van der Waals surface area contributed by atoms with Gasteiger partial charge in [-0.05, 0) is 47.9 Å². The molecule has 4 aromatic rings. The number of hydrogen-bond donors (Lipinski definition) is 3. The second-order valence-corrected chi connectivity index (χ2v) is 6.04. The first kappa shape index (κ1) is 16.5. The van der Waals surface area contributed by atoms with Crippen LogP contribution >= 0.6 is 0 Å². The van der Waals surface area contributed by atoms with Gasteiger partial charge in [0.05, 0.1) is 23.6 Å². The molecule has 8 nitrogen and oxygen atoms in total. The molecule has 3 N–H and O–H groups in total. The number of anilines is 2. The maximum absolute atomic E-state index is 11.7. The van der Waals surface area contributed by atoms with Crippen molar-refractivity contribution in [3.63, 3.8) is 0 Å². The maximum Gasteiger partial charge on any atom is 0.247 e. The zero-order chi connectivity index (χ0) is 19.0. The number of rotatable bonds is 5. The van der Waals surface area contributed by atoms with Crippen molar-refractivity contribution in [2.24, 2.45) is 0 Å². The van der Waals surface area contributed by atoms with E-state index in [-0.39, 0.29) is 5.91 Å². The number of nitrogens with zero attached hydrogens (tertiary/aromatic N) is 3. The number of imidazole rings is 1. The zero-order valence-corrected chi connectivity index (χ0v) is 14.5. The van der Waals surface area contributed by atoms with E-state index in [1.807, 2.05) is 35.7 Å². The van der Waals surface area contributed by atoms with E-state index in [1.54, 1.807) is 12.4 Å². The lowest BCUT2D eigenvalue weighted by Crippen LogP contribution is -2.08. The lowest BCUT2D eigenvalue weighted by molar-refractivity contribution is -0.112. The van der Waals surface area contributed by atoms with Crippen molar-refractivity contribution in [3.05, 3.63) is 55.0 Å². The Morgan fingerprint density at radius 2 is 2.19 bits per heavy atom. The number of nitrogens with one attached hydrogen (secondary N) is 3. The van der Waals surface area contributed by atoms with Crippen molar-refractivity contribution in [1.29, 1.82) is 0 Å². The van der Waals surface area contributed by atoms with Gasteiger partial charge in [-0.3, -0.25) is 14.7 Å². The number of fused-ring (bicyclic) bond motifs is 2. The maximum atomic E-state index is 11.7. The number of amides is 2. The summed E-state index contributed by atoms with van der Waals surface area (Å²) in [5.41, 5.74) is 5.04. The summed E-state index contributed by atoms with van der Waals surface area (Å²) in [5, 5.41) is 13.3. The fourth-order valence-electron chi connectivity index (χ4n) is 3.19. The summed E-state index contributed by atoms with van der Waals surface area (Å²) in [7, 11) is 0. The minimum atomic E-state index is -0.284. The highest BCUT2D eigenvalue weighted by Gasteiger charge is 2.15. The van der Waals surface area contributed by atoms with E-state index in [0.29, 0.717) is 17.9 Å². The van der Waals surface area contributed by atoms with Gasteiger partial charge in [0.1, 0.15) is 5.65 Å². The molecule has 0 fully saturated rings. The third-order valence-corrected chi connectivity index (χ3v) is 4.32. The predicted molar refractivity (Wildman–Crippen MR) is 104 cm³/mol. The number of aromatic amines is 1. The van der Waals surface area contributed by atoms with Crippen LogP contribution in [0.1, 0.15) is 5.56 Å². The average molecular weight is 360 g/mol. The van der Waals surface area contributed by atoms with Gasteiger partial charge in [-0.2, -0.15) is 5.10 Å². The summed E-state index contributed by atoms with van der Waals surface area (Å²) >= 11 is 0. The number of carbonyl (C=O) groups is 2. The number of carbonyl (C=O) groups excluding carboxylic acids is 2. The number of aryl methyl sites for hydroxylation is 1. The number of benzene rings is 1. The summed E-state index contributed by atoms with van der Waals surface area (Å²) in [6.45, 7) is 5.46. The van der Waals surface area contributed by atoms with Crippen LogP contribution in [-0.2, 0) is 9.59 Å². The first-order chi connectivity index (χ1) is 13.1. The molecule has 0 unspecified atom stereocenters. The Hall–Kier alpha value is -3.94. The third kappa shape index (κ3) is 2.82. The fourth-order valence-corrected chi connectivity index (χ4v) is 3.19. The van der Waals surface area contributed by atoms with Crippen molar-refractivity contribution >= 4 is 40.4 Å². The van der Waals surface area contributed by atoms with Crippen LogP contribution in [0.3, 0.4) is 0 Å². The van der Waals surface area contributed by atoms with Crippen molar-refractivity contribution in [2.45, 2.75) is 6.92 Å². The molecule has 0 saturated carbocycles. The molecule has 134 valence electrons. The molecule has 0 saturated heterocycles. The van der Waals surface area contributed by atoms with E-state index in [0.717, 1.165) is 33.2 Å². The van der Waals surface area contributed by atoms with Gasteiger partial charge in [0.2, 0.25) is 12.3 Å². The standard InChI is InChI=1S/C19H16N6O2/c1-3-17(27)22-14-6-11(2)18(13-7-21-24-19(13)14)12-4-5-16-23-15(20-10-26)9-25(16)8-12/h3-10H,1H2,2H3,(H,20,26)(H,21,24)(H,22,27). The normalized spacial score (nSPS) is 10.9. The second-order valence-electron chi connectivity index (χ2n) is 6.04. The van der Waals surface area contributed by atoms with E-state index >= 15 is 0 Å². The average Bonchev–Trinajstić information content (AvgIpc) is 3.28. The molecule has 0 aliphatic carbocycles. The van der Waals surface area contributed by atoms with Crippen LogP contribution in [-0.4, -0.2) is 31.9 Å². The Morgan fingerprint density at radius 3 is 2.96 bits per heavy atom. The smallest absolute Gasteiger partial charge is 0.247 e. The largest absolute Gasteiger partial charge is 0.321 e. The highest BCUT2D eigenvalue weighted by atomic mass is 16.1. The lowest BCUT2D eigenvalue weighted by Gasteiger charge is -2.12. The SMILES string of the molecule is C=CC(=O)Nc1cc(C)c(-c2ccc3nc(NC=O)cn3c2)c2cn[nH]c12. The molecule has 27 heavy (non-hydrogen) atoms. The van der Waals surface area contributed by atoms with Gasteiger partial charge in [-0.1, -0.05) is 6.58 Å². The van der Waals surface area contributed by atoms with Gasteiger partial charge in [-0.25, -0.2) is 4.98 Å². The van der Waals surface area contributed by atoms with Gasteiger partial charge < -0.3 is 15.0 Å². The molecule has 0 bridgehead atoms. The van der Waals surface area contributed by atoms with E-state index in [1.165, 1.54) is 6.08 Å². The molecule has 4 rings (SSSR count). The Labute approximate surface area is 153 Å². The lowest BCUT2D eigenvalue weighted by atomic mass is 9.97. The fraction of sp³-hybridized carbons (Fsp3) is 0.0526. The molecule has 1 aromatic carbocycles. The Bertz CT molecular complexity index is 1200. The van der Waals surface area contributed by atoms with Gasteiger partial charge in [0.15, 0.2) is 5.82 Å². The Morgan fingerprint density at radius 1 is 1.33 bits per heavy atom. The number of H-pyrrole nitrogens is 1. The molecular formula is C19H16N6O2. The van der Waals surface area contributed by atoms with Crippen molar-refractivity contribution < 1.29 is 9.59 Å². The first-order valence-corrected chi connectivity index (χ1v) is 8.20. The second kappa shape index (κ2) is 6.41. The van der Waals surface area contributed by atoms with E-state index in [9.17, 15) is 9.59 Å². The van der Waals surface area contributed by atoms with Gasteiger partial charge >= 0.3 is 0 Å². The summed E-state index contributed by atoms with van der Waals surface area (Å²) in [6.07, 6.45) is 7.24. The van der Waals surface area contributed by atoms with Crippen LogP contribution in [0.15, 0.2) is 49.4 Å². The minimum absolute atomic E-state index is 0.284. The summed E-state index contributed by atoms with van der Waals surface area (Å²) in [5.74, 6) is 0.197. The molecule has 0 atom stereocenters. The molecule has 8 heteroatoms. The molecule has 0 aliphatic rings. The van der Waals surface area contributed by atoms with Crippen LogP contribution in [0.25, 0.3) is 27.7 Å². The highest BCUT2D eigenvalue weighted by molar-refractivity contribution is 6.08. The highest BCUT2D eigenvalue weighted by Crippen LogP contribution is 2.35. The summed E-state index contributed by atoms with van der Waals surface area (Å²) in [4.78, 5) is 26.6. The molecule has 0 radical (unpaired) electrons. The molecule has 0 aliphatic heterocycles. The van der Waals surface area contributed by atoms with Gasteiger partial charge in [0.25, 0.3) is 0 Å². The van der Waals surface area contributed by atoms with Crippen LogP contribution in [0.5, 0.6) is 0 Å². The molecule has 3 heterocycles. The topological polar surface area (TPSA) is 104 Å². The third-order valence-electron chi connectivity index (χ3n) is 4.32. The van der Waals surface area contributed by atoms with Gasteiger partial charge in [0, 0.05) is 11.6 Å². The Balaban J connectivity index is 1.87. The van der Waals surface area contributed by atoms with Crippen LogP contribution < -0.4 is 10.6 Å². The summed E-state index contributed by atoms with van der Waals surface area (Å²) < 4.78 is 1.85. The molecule has 2 amide bonds. The minimum Gasteiger partial charge on any atom is -0.321 e. The van der Waals surface area contributed by atoms with Crippen molar-refractivity contribution in [1.82, 2.24) is 19.6 Å². The molecular weight excluding hydrogens is 344 g/mol. The Kier molecular flexibility index (Phi) is 3.92. The van der Waals surface area contributed by atoms with Gasteiger partial charge in [-0.15, -0.1) is 0 Å². The number of hydrogen-bond acceptors (Lipinski definition) is 4. The zero-order valence-electron chi connectivity index (χ0n) is 14.5. The first-order valence-electron chi connectivity index (χ1n) is 8.20. The predicted octanol–water partition coefficient (Wildman–Crippen LogP) is 2.88. The molecule has 3 aromatic heterocycles. The summed E-state index contributed by atoms with van der Waals surface area (Å²) in [6, 6.07) is 5.74. The monoisotopic (exact) mass is 360 g/mol. The van der Waals surface area contributed by atoms with Crippen LogP contribution in [0.4, 0.5) is 11.5 Å². The van der Waals surface area contributed by atoms with Crippen LogP contribution in [0, 0.1) is 6.92 Å². The molecule has 0 spiro atoms. The van der Waals surface area contributed by atoms with E-state index in [4.69, 9.17) is 0 Å². The quantitative estimate of drug-likeness (QED) is 0.376. The van der Waals surface area contributed by atoms with Crippen molar-refractivity contribution in [3.8, 4) is 11.1 Å². The van der Waals surface area contributed by atoms with E-state index in [2.05, 4.69) is 32.4 Å². The van der Waals surface area contributed by atoms with Crippen molar-refractivity contribution in [2.75, 3.05) is 10.6 Å². The number of aromatic nitrogens is 4. The van der Waals surface area contributed by atoms with Crippen LogP contribution in [0.2, 0.25) is 0 Å². The number of pyridine rings is 1. The van der Waals surface area contributed by atoms with E-state index < -0.39 is 0 Å².